The molecule has 5 heteroatoms. The molecule has 102 valence electrons. The van der Waals surface area contributed by atoms with Crippen LogP contribution in [-0.4, -0.2) is 16.7 Å². The van der Waals surface area contributed by atoms with Gasteiger partial charge in [0, 0.05) is 11.0 Å². The summed E-state index contributed by atoms with van der Waals surface area (Å²) in [5.74, 6) is 1.15. The average molecular weight is 324 g/mol. The Morgan fingerprint density at radius 3 is 2.63 bits per heavy atom. The molecule has 0 unspecified atom stereocenters. The van der Waals surface area contributed by atoms with Crippen LogP contribution in [0.1, 0.15) is 26.7 Å². The van der Waals surface area contributed by atoms with E-state index in [0.717, 1.165) is 16.6 Å². The van der Waals surface area contributed by atoms with Crippen molar-refractivity contribution >= 4 is 15.9 Å². The Kier molecular flexibility index (Phi) is 4.37. The fraction of sp³-hybridized carbons (Fsp3) is 0.429. The Morgan fingerprint density at radius 2 is 1.95 bits per heavy atom. The molecule has 19 heavy (non-hydrogen) atoms. The number of nitrogens with zero attached hydrogens (tertiary/aromatic N) is 2. The molecule has 0 fully saturated rings. The van der Waals surface area contributed by atoms with Crippen LogP contribution in [0.25, 0.3) is 11.5 Å². The lowest BCUT2D eigenvalue weighted by atomic mass is 9.97. The Labute approximate surface area is 121 Å². The van der Waals surface area contributed by atoms with Gasteiger partial charge in [0.25, 0.3) is 0 Å². The van der Waals surface area contributed by atoms with Crippen LogP contribution in [-0.2, 0) is 6.54 Å². The quantitative estimate of drug-likeness (QED) is 0.933. The van der Waals surface area contributed by atoms with Crippen molar-refractivity contribution in [3.63, 3.8) is 0 Å². The minimum Gasteiger partial charge on any atom is -0.419 e. The zero-order valence-corrected chi connectivity index (χ0v) is 13.0. The van der Waals surface area contributed by atoms with E-state index in [1.807, 2.05) is 24.3 Å². The van der Waals surface area contributed by atoms with Crippen molar-refractivity contribution in [2.24, 2.45) is 5.41 Å². The largest absolute Gasteiger partial charge is 0.419 e. The van der Waals surface area contributed by atoms with Gasteiger partial charge in [0.15, 0.2) is 0 Å². The standard InChI is InChI=1S/C14H18BrN3O/c1-14(2,3)9-16-8-12-17-18-13(19-12)10-6-4-5-7-11(10)15/h4-7,16H,8-9H2,1-3H3. The third-order valence-corrected chi connectivity index (χ3v) is 3.19. The zero-order valence-electron chi connectivity index (χ0n) is 11.4. The lowest BCUT2D eigenvalue weighted by Gasteiger charge is -2.17. The monoisotopic (exact) mass is 323 g/mol. The van der Waals surface area contributed by atoms with Crippen LogP contribution in [0.5, 0.6) is 0 Å². The van der Waals surface area contributed by atoms with E-state index in [4.69, 9.17) is 4.42 Å². The molecular formula is C14H18BrN3O. The molecule has 0 bridgehead atoms. The summed E-state index contributed by atoms with van der Waals surface area (Å²) in [6, 6.07) is 7.80. The summed E-state index contributed by atoms with van der Waals surface area (Å²) in [5.41, 5.74) is 1.16. The van der Waals surface area contributed by atoms with Gasteiger partial charge in [0.1, 0.15) is 0 Å². The summed E-state index contributed by atoms with van der Waals surface area (Å²) in [5, 5.41) is 11.4. The van der Waals surface area contributed by atoms with E-state index in [-0.39, 0.29) is 5.41 Å². The minimum atomic E-state index is 0.241. The molecule has 0 saturated heterocycles. The first-order valence-electron chi connectivity index (χ1n) is 6.24. The highest BCUT2D eigenvalue weighted by molar-refractivity contribution is 9.10. The Hall–Kier alpha value is -1.20. The molecule has 0 amide bonds. The molecule has 1 heterocycles. The highest BCUT2D eigenvalue weighted by Gasteiger charge is 2.13. The first kappa shape index (κ1) is 14.2. The van der Waals surface area contributed by atoms with Crippen molar-refractivity contribution in [2.75, 3.05) is 6.54 Å². The molecule has 0 spiro atoms. The van der Waals surface area contributed by atoms with E-state index in [2.05, 4.69) is 52.2 Å². The first-order valence-corrected chi connectivity index (χ1v) is 7.03. The van der Waals surface area contributed by atoms with Crippen LogP contribution in [0.3, 0.4) is 0 Å². The Balaban J connectivity index is 2.02. The van der Waals surface area contributed by atoms with Crippen molar-refractivity contribution in [1.82, 2.24) is 15.5 Å². The van der Waals surface area contributed by atoms with Gasteiger partial charge in [-0.3, -0.25) is 0 Å². The van der Waals surface area contributed by atoms with Gasteiger partial charge in [-0.15, -0.1) is 10.2 Å². The fourth-order valence-electron chi connectivity index (χ4n) is 1.61. The highest BCUT2D eigenvalue weighted by atomic mass is 79.9. The lowest BCUT2D eigenvalue weighted by molar-refractivity contribution is 0.364. The molecule has 1 aromatic carbocycles. The molecule has 1 aromatic heterocycles. The predicted octanol–water partition coefficient (Wildman–Crippen LogP) is 3.63. The molecule has 4 nitrogen and oxygen atoms in total. The first-order chi connectivity index (χ1) is 8.96. The molecule has 0 aliphatic heterocycles. The van der Waals surface area contributed by atoms with E-state index in [1.54, 1.807) is 0 Å². The molecule has 0 saturated carbocycles. The van der Waals surface area contributed by atoms with E-state index in [9.17, 15) is 0 Å². The summed E-state index contributed by atoms with van der Waals surface area (Å²) in [6.07, 6.45) is 0. The van der Waals surface area contributed by atoms with Crippen LogP contribution in [0.2, 0.25) is 0 Å². The molecule has 2 rings (SSSR count). The van der Waals surface area contributed by atoms with Crippen molar-refractivity contribution in [1.29, 1.82) is 0 Å². The molecule has 0 radical (unpaired) electrons. The van der Waals surface area contributed by atoms with Gasteiger partial charge in [-0.25, -0.2) is 0 Å². The molecule has 2 aromatic rings. The zero-order chi connectivity index (χ0) is 13.9. The van der Waals surface area contributed by atoms with Crippen LogP contribution < -0.4 is 5.32 Å². The van der Waals surface area contributed by atoms with Gasteiger partial charge in [-0.05, 0) is 33.5 Å². The molecule has 0 aliphatic rings. The summed E-state index contributed by atoms with van der Waals surface area (Å²) >= 11 is 3.48. The van der Waals surface area contributed by atoms with Crippen LogP contribution >= 0.6 is 15.9 Å². The summed E-state index contributed by atoms with van der Waals surface area (Å²) < 4.78 is 6.60. The third-order valence-electron chi connectivity index (χ3n) is 2.50. The maximum Gasteiger partial charge on any atom is 0.248 e. The second kappa shape index (κ2) is 5.84. The van der Waals surface area contributed by atoms with E-state index in [1.165, 1.54) is 0 Å². The van der Waals surface area contributed by atoms with E-state index >= 15 is 0 Å². The molecule has 0 aliphatic carbocycles. The average Bonchev–Trinajstić information content (AvgIpc) is 2.76. The lowest BCUT2D eigenvalue weighted by Crippen LogP contribution is -2.26. The third kappa shape index (κ3) is 4.14. The number of aromatic nitrogens is 2. The van der Waals surface area contributed by atoms with Gasteiger partial charge in [0.2, 0.25) is 11.8 Å². The molecule has 1 N–H and O–H groups in total. The summed E-state index contributed by atoms with van der Waals surface area (Å²) in [4.78, 5) is 0. The van der Waals surface area contributed by atoms with Crippen molar-refractivity contribution in [3.8, 4) is 11.5 Å². The predicted molar refractivity (Wildman–Crippen MR) is 78.6 cm³/mol. The minimum absolute atomic E-state index is 0.241. The summed E-state index contributed by atoms with van der Waals surface area (Å²) in [7, 11) is 0. The highest BCUT2D eigenvalue weighted by Crippen LogP contribution is 2.26. The molecule has 0 atom stereocenters. The van der Waals surface area contributed by atoms with Crippen molar-refractivity contribution < 1.29 is 4.42 Å². The van der Waals surface area contributed by atoms with Crippen LogP contribution in [0.4, 0.5) is 0 Å². The van der Waals surface area contributed by atoms with Gasteiger partial charge in [-0.2, -0.15) is 0 Å². The SMILES string of the molecule is CC(C)(C)CNCc1nnc(-c2ccccc2Br)o1. The second-order valence-electron chi connectivity index (χ2n) is 5.65. The second-order valence-corrected chi connectivity index (χ2v) is 6.50. The normalized spacial score (nSPS) is 11.8. The molecular weight excluding hydrogens is 306 g/mol. The number of nitrogens with one attached hydrogen (secondary N) is 1. The van der Waals surface area contributed by atoms with Gasteiger partial charge < -0.3 is 9.73 Å². The van der Waals surface area contributed by atoms with Crippen molar-refractivity contribution in [3.05, 3.63) is 34.6 Å². The number of benzene rings is 1. The smallest absolute Gasteiger partial charge is 0.248 e. The summed E-state index contributed by atoms with van der Waals surface area (Å²) in [6.45, 7) is 8.04. The number of hydrogen-bond acceptors (Lipinski definition) is 4. The maximum absolute atomic E-state index is 5.65. The maximum atomic E-state index is 5.65. The van der Waals surface area contributed by atoms with Crippen molar-refractivity contribution in [2.45, 2.75) is 27.3 Å². The van der Waals surface area contributed by atoms with Gasteiger partial charge >= 0.3 is 0 Å². The van der Waals surface area contributed by atoms with Gasteiger partial charge in [0.05, 0.1) is 12.1 Å². The van der Waals surface area contributed by atoms with Gasteiger partial charge in [-0.1, -0.05) is 32.9 Å². The van der Waals surface area contributed by atoms with Crippen LogP contribution in [0, 0.1) is 5.41 Å². The number of rotatable bonds is 4. The number of hydrogen-bond donors (Lipinski definition) is 1. The fourth-order valence-corrected chi connectivity index (χ4v) is 2.07. The topological polar surface area (TPSA) is 51.0 Å². The number of halogens is 1. The van der Waals surface area contributed by atoms with Crippen LogP contribution in [0.15, 0.2) is 33.2 Å². The Morgan fingerprint density at radius 1 is 1.21 bits per heavy atom. The van der Waals surface area contributed by atoms with E-state index < -0.39 is 0 Å². The van der Waals surface area contributed by atoms with E-state index in [0.29, 0.717) is 18.3 Å². The Bertz CT molecular complexity index is 546.